The van der Waals surface area contributed by atoms with Gasteiger partial charge in [0.1, 0.15) is 17.1 Å². The third-order valence-corrected chi connectivity index (χ3v) is 2.13. The maximum absolute atomic E-state index is 11.7. The van der Waals surface area contributed by atoms with Gasteiger partial charge in [0.2, 0.25) is 0 Å². The molecule has 1 amide bonds. The van der Waals surface area contributed by atoms with E-state index in [2.05, 4.69) is 15.5 Å². The summed E-state index contributed by atoms with van der Waals surface area (Å²) >= 11 is 0. The molecule has 0 unspecified atom stereocenters. The number of carbonyl (C=O) groups is 1. The number of rotatable bonds is 3. The largest absolute Gasteiger partial charge is 0.397 e. The normalized spacial score (nSPS) is 10.2. The summed E-state index contributed by atoms with van der Waals surface area (Å²) in [6.07, 6.45) is 1.44. The molecular formula is C11H12N4O2. The second-order valence-corrected chi connectivity index (χ2v) is 3.59. The molecule has 0 bridgehead atoms. The third-order valence-electron chi connectivity index (χ3n) is 2.13. The van der Waals surface area contributed by atoms with Crippen LogP contribution in [0.5, 0.6) is 0 Å². The van der Waals surface area contributed by atoms with Crippen LogP contribution in [0.3, 0.4) is 0 Å². The van der Waals surface area contributed by atoms with E-state index >= 15 is 0 Å². The lowest BCUT2D eigenvalue weighted by atomic mass is 10.3. The molecule has 0 aromatic carbocycles. The molecule has 0 aliphatic rings. The number of anilines is 1. The van der Waals surface area contributed by atoms with E-state index in [0.717, 1.165) is 0 Å². The molecule has 6 nitrogen and oxygen atoms in total. The number of nitrogen functional groups attached to an aromatic ring is 1. The minimum Gasteiger partial charge on any atom is -0.397 e. The lowest BCUT2D eigenvalue weighted by Gasteiger charge is -2.02. The highest BCUT2D eigenvalue weighted by atomic mass is 16.5. The van der Waals surface area contributed by atoms with E-state index in [9.17, 15) is 4.79 Å². The summed E-state index contributed by atoms with van der Waals surface area (Å²) in [5.74, 6) is 0.436. The number of aromatic nitrogens is 2. The van der Waals surface area contributed by atoms with E-state index in [0.29, 0.717) is 29.4 Å². The molecule has 88 valence electrons. The van der Waals surface area contributed by atoms with Crippen LogP contribution in [0.15, 0.2) is 28.9 Å². The van der Waals surface area contributed by atoms with Crippen LogP contribution < -0.4 is 11.1 Å². The number of aryl methyl sites for hydroxylation is 1. The molecular weight excluding hydrogens is 220 g/mol. The van der Waals surface area contributed by atoms with Gasteiger partial charge in [0.05, 0.1) is 18.4 Å². The zero-order valence-electron chi connectivity index (χ0n) is 9.30. The van der Waals surface area contributed by atoms with E-state index < -0.39 is 0 Å². The topological polar surface area (TPSA) is 94.0 Å². The zero-order chi connectivity index (χ0) is 12.3. The highest BCUT2D eigenvalue weighted by Gasteiger charge is 2.07. The monoisotopic (exact) mass is 232 g/mol. The molecule has 2 rings (SSSR count). The van der Waals surface area contributed by atoms with Crippen molar-refractivity contribution in [2.24, 2.45) is 0 Å². The van der Waals surface area contributed by atoms with Crippen LogP contribution >= 0.6 is 0 Å². The smallest absolute Gasteiger partial charge is 0.270 e. The molecule has 0 aliphatic heterocycles. The number of carbonyl (C=O) groups excluding carboxylic acids is 1. The molecule has 17 heavy (non-hydrogen) atoms. The number of hydrogen-bond donors (Lipinski definition) is 2. The Morgan fingerprint density at radius 2 is 2.35 bits per heavy atom. The van der Waals surface area contributed by atoms with E-state index in [1.54, 1.807) is 25.1 Å². The molecule has 0 aliphatic carbocycles. The highest BCUT2D eigenvalue weighted by molar-refractivity contribution is 5.92. The summed E-state index contributed by atoms with van der Waals surface area (Å²) < 4.78 is 4.88. The van der Waals surface area contributed by atoms with Crippen molar-refractivity contribution in [2.45, 2.75) is 13.5 Å². The summed E-state index contributed by atoms with van der Waals surface area (Å²) in [7, 11) is 0. The quantitative estimate of drug-likeness (QED) is 0.819. The van der Waals surface area contributed by atoms with Crippen molar-refractivity contribution in [3.63, 3.8) is 0 Å². The number of amides is 1. The Balaban J connectivity index is 1.95. The molecule has 0 fully saturated rings. The number of nitrogens with two attached hydrogens (primary N) is 1. The fraction of sp³-hybridized carbons (Fsp3) is 0.182. The van der Waals surface area contributed by atoms with Gasteiger partial charge in [-0.05, 0) is 19.1 Å². The second kappa shape index (κ2) is 4.65. The highest BCUT2D eigenvalue weighted by Crippen LogP contribution is 2.03. The summed E-state index contributed by atoms with van der Waals surface area (Å²) in [5.41, 5.74) is 6.99. The molecule has 0 atom stereocenters. The molecule has 2 aromatic heterocycles. The third kappa shape index (κ3) is 2.81. The lowest BCUT2D eigenvalue weighted by Crippen LogP contribution is -2.23. The van der Waals surface area contributed by atoms with Crippen molar-refractivity contribution < 1.29 is 9.32 Å². The van der Waals surface area contributed by atoms with Gasteiger partial charge in [0.25, 0.3) is 5.91 Å². The fourth-order valence-electron chi connectivity index (χ4n) is 1.30. The maximum atomic E-state index is 11.7. The van der Waals surface area contributed by atoms with Crippen LogP contribution in [-0.2, 0) is 6.54 Å². The summed E-state index contributed by atoms with van der Waals surface area (Å²) in [4.78, 5) is 15.6. The molecule has 2 heterocycles. The van der Waals surface area contributed by atoms with Crippen LogP contribution in [0.25, 0.3) is 0 Å². The minimum atomic E-state index is -0.273. The van der Waals surface area contributed by atoms with E-state index in [1.165, 1.54) is 6.20 Å². The Kier molecular flexibility index (Phi) is 3.04. The van der Waals surface area contributed by atoms with Crippen molar-refractivity contribution in [1.29, 1.82) is 0 Å². The fourth-order valence-corrected chi connectivity index (χ4v) is 1.30. The van der Waals surface area contributed by atoms with Crippen LogP contribution in [0.2, 0.25) is 0 Å². The van der Waals surface area contributed by atoms with Crippen molar-refractivity contribution in [3.05, 3.63) is 41.5 Å². The van der Waals surface area contributed by atoms with Crippen molar-refractivity contribution in [3.8, 4) is 0 Å². The van der Waals surface area contributed by atoms with E-state index in [4.69, 9.17) is 10.3 Å². The molecule has 0 radical (unpaired) electrons. The number of pyridine rings is 1. The Morgan fingerprint density at radius 3 is 2.94 bits per heavy atom. The van der Waals surface area contributed by atoms with Gasteiger partial charge in [-0.15, -0.1) is 0 Å². The maximum Gasteiger partial charge on any atom is 0.270 e. The molecule has 0 saturated carbocycles. The molecule has 0 saturated heterocycles. The summed E-state index contributed by atoms with van der Waals surface area (Å²) in [6, 6.07) is 4.96. The Morgan fingerprint density at radius 1 is 1.53 bits per heavy atom. The van der Waals surface area contributed by atoms with Gasteiger partial charge in [-0.25, -0.2) is 4.98 Å². The first kappa shape index (κ1) is 11.1. The first-order valence-electron chi connectivity index (χ1n) is 5.07. The number of hydrogen-bond acceptors (Lipinski definition) is 5. The molecule has 0 spiro atoms. The van der Waals surface area contributed by atoms with E-state index in [1.807, 2.05) is 0 Å². The van der Waals surface area contributed by atoms with Crippen molar-refractivity contribution >= 4 is 11.6 Å². The lowest BCUT2D eigenvalue weighted by molar-refractivity contribution is 0.0945. The van der Waals surface area contributed by atoms with Crippen LogP contribution in [-0.4, -0.2) is 16.0 Å². The Bertz CT molecular complexity index is 519. The average Bonchev–Trinajstić information content (AvgIpc) is 2.73. The predicted octanol–water partition coefficient (Wildman–Crippen LogP) is 0.890. The SMILES string of the molecule is Cc1cc(CNC(=O)c2ccc(N)cn2)no1. The van der Waals surface area contributed by atoms with Gasteiger partial charge in [0, 0.05) is 6.07 Å². The van der Waals surface area contributed by atoms with Gasteiger partial charge in [0.15, 0.2) is 0 Å². The van der Waals surface area contributed by atoms with Gasteiger partial charge >= 0.3 is 0 Å². The first-order chi connectivity index (χ1) is 8.15. The minimum absolute atomic E-state index is 0.273. The first-order valence-corrected chi connectivity index (χ1v) is 5.07. The zero-order valence-corrected chi connectivity index (χ0v) is 9.30. The van der Waals surface area contributed by atoms with E-state index in [-0.39, 0.29) is 5.91 Å². The standard InChI is InChI=1S/C11H12N4O2/c1-7-4-9(15-17-7)6-14-11(16)10-3-2-8(12)5-13-10/h2-5H,6,12H2,1H3,(H,14,16). The Labute approximate surface area is 97.8 Å². The average molecular weight is 232 g/mol. The van der Waals surface area contributed by atoms with Crippen LogP contribution in [0, 0.1) is 6.92 Å². The molecule has 6 heteroatoms. The van der Waals surface area contributed by atoms with Gasteiger partial charge < -0.3 is 15.6 Å². The summed E-state index contributed by atoms with van der Waals surface area (Å²) in [6.45, 7) is 2.10. The van der Waals surface area contributed by atoms with Crippen LogP contribution in [0.1, 0.15) is 21.9 Å². The van der Waals surface area contributed by atoms with Gasteiger partial charge in [-0.2, -0.15) is 0 Å². The predicted molar refractivity (Wildman–Crippen MR) is 61.1 cm³/mol. The van der Waals surface area contributed by atoms with Gasteiger partial charge in [-0.3, -0.25) is 4.79 Å². The van der Waals surface area contributed by atoms with Gasteiger partial charge in [-0.1, -0.05) is 5.16 Å². The van der Waals surface area contributed by atoms with Crippen molar-refractivity contribution in [2.75, 3.05) is 5.73 Å². The molecule has 3 N–H and O–H groups in total. The number of nitrogens with zero attached hydrogens (tertiary/aromatic N) is 2. The second-order valence-electron chi connectivity index (χ2n) is 3.59. The van der Waals surface area contributed by atoms with Crippen LogP contribution in [0.4, 0.5) is 5.69 Å². The van der Waals surface area contributed by atoms with Crippen molar-refractivity contribution in [1.82, 2.24) is 15.5 Å². The Hall–Kier alpha value is -2.37. The summed E-state index contributed by atoms with van der Waals surface area (Å²) in [5, 5.41) is 6.45. The number of nitrogens with one attached hydrogen (secondary N) is 1. The molecule has 2 aromatic rings.